The van der Waals surface area contributed by atoms with Crippen LogP contribution in [0.1, 0.15) is 63.5 Å². The van der Waals surface area contributed by atoms with Gasteiger partial charge in [-0.2, -0.15) is 5.10 Å². The van der Waals surface area contributed by atoms with Gasteiger partial charge in [-0.15, -0.1) is 0 Å². The molecule has 0 spiro atoms. The van der Waals surface area contributed by atoms with Crippen LogP contribution in [0.15, 0.2) is 6.20 Å². The lowest BCUT2D eigenvalue weighted by atomic mass is 9.89. The summed E-state index contributed by atoms with van der Waals surface area (Å²) in [6.45, 7) is 12.8. The van der Waals surface area contributed by atoms with Crippen LogP contribution in [-0.2, 0) is 6.54 Å². The van der Waals surface area contributed by atoms with Gasteiger partial charge < -0.3 is 10.4 Å². The maximum Gasteiger partial charge on any atom is 0.254 e. The zero-order valence-corrected chi connectivity index (χ0v) is 13.4. The lowest BCUT2D eigenvalue weighted by Crippen LogP contribution is -2.39. The van der Waals surface area contributed by atoms with Crippen LogP contribution in [0.25, 0.3) is 0 Å². The Morgan fingerprint density at radius 1 is 1.45 bits per heavy atom. The van der Waals surface area contributed by atoms with E-state index in [4.69, 9.17) is 0 Å². The Hall–Kier alpha value is -1.36. The summed E-state index contributed by atoms with van der Waals surface area (Å²) >= 11 is 0. The molecule has 0 aliphatic carbocycles. The Morgan fingerprint density at radius 3 is 2.50 bits per heavy atom. The number of hydrogen-bond acceptors (Lipinski definition) is 3. The molecule has 1 aromatic heterocycles. The summed E-state index contributed by atoms with van der Waals surface area (Å²) in [4.78, 5) is 12.3. The topological polar surface area (TPSA) is 67.2 Å². The van der Waals surface area contributed by atoms with Crippen LogP contribution >= 0.6 is 0 Å². The highest BCUT2D eigenvalue weighted by Crippen LogP contribution is 2.20. The number of aliphatic hydroxyl groups excluding tert-OH is 1. The van der Waals surface area contributed by atoms with Crippen molar-refractivity contribution in [2.24, 2.45) is 5.41 Å². The number of amides is 1. The molecule has 2 N–H and O–H groups in total. The first-order valence-corrected chi connectivity index (χ1v) is 7.20. The maximum atomic E-state index is 12.3. The Balaban J connectivity index is 2.80. The third-order valence-corrected chi connectivity index (χ3v) is 3.36. The summed E-state index contributed by atoms with van der Waals surface area (Å²) in [6.07, 6.45) is 1.20. The fourth-order valence-corrected chi connectivity index (χ4v) is 1.79. The Kier molecular flexibility index (Phi) is 5.34. The van der Waals surface area contributed by atoms with Gasteiger partial charge in [0.25, 0.3) is 5.91 Å². The molecule has 0 saturated carbocycles. The van der Waals surface area contributed by atoms with Gasteiger partial charge in [-0.1, -0.05) is 34.6 Å². The Morgan fingerprint density at radius 2 is 2.05 bits per heavy atom. The highest BCUT2D eigenvalue weighted by molar-refractivity contribution is 5.95. The summed E-state index contributed by atoms with van der Waals surface area (Å²) in [5.41, 5.74) is 1.15. The molecule has 0 aliphatic rings. The first kappa shape index (κ1) is 16.7. The van der Waals surface area contributed by atoms with E-state index in [0.29, 0.717) is 5.56 Å². The van der Waals surface area contributed by atoms with Crippen molar-refractivity contribution in [2.75, 3.05) is 6.54 Å². The third-order valence-electron chi connectivity index (χ3n) is 3.36. The van der Waals surface area contributed by atoms with Crippen molar-refractivity contribution in [1.29, 1.82) is 0 Å². The number of rotatable bonds is 5. The molecule has 5 heteroatoms. The zero-order chi connectivity index (χ0) is 15.5. The number of hydrogen-bond donors (Lipinski definition) is 2. The second-order valence-electron chi connectivity index (χ2n) is 6.53. The first-order chi connectivity index (χ1) is 9.16. The van der Waals surface area contributed by atoms with E-state index in [1.165, 1.54) is 0 Å². The van der Waals surface area contributed by atoms with E-state index in [1.807, 2.05) is 41.5 Å². The van der Waals surface area contributed by atoms with Gasteiger partial charge in [-0.05, 0) is 18.3 Å². The minimum atomic E-state index is -0.574. The summed E-state index contributed by atoms with van der Waals surface area (Å²) in [5, 5.41) is 17.2. The predicted octanol–water partition coefficient (Wildman–Crippen LogP) is 2.16. The number of nitrogens with one attached hydrogen (secondary N) is 1. The van der Waals surface area contributed by atoms with Crippen molar-refractivity contribution in [3.05, 3.63) is 17.5 Å². The number of carbonyl (C=O) groups excluding carboxylic acids is 1. The van der Waals surface area contributed by atoms with Gasteiger partial charge in [0, 0.05) is 19.3 Å². The third kappa shape index (κ3) is 4.07. The standard InChI is InChI=1S/C15H27N3O2/c1-7-18-9-11(13(17-18)10(2)3)14(20)16-8-12(19)15(4,5)6/h9-10,12,19H,7-8H2,1-6H3,(H,16,20). The molecule has 1 heterocycles. The molecule has 0 fully saturated rings. The average molecular weight is 281 g/mol. The fraction of sp³-hybridized carbons (Fsp3) is 0.733. The van der Waals surface area contributed by atoms with Crippen LogP contribution in [0.4, 0.5) is 0 Å². The summed E-state index contributed by atoms with van der Waals surface area (Å²) in [5.74, 6) is 0.0211. The van der Waals surface area contributed by atoms with E-state index in [2.05, 4.69) is 10.4 Å². The van der Waals surface area contributed by atoms with Gasteiger partial charge in [-0.3, -0.25) is 9.48 Å². The van der Waals surface area contributed by atoms with Crippen molar-refractivity contribution in [2.45, 2.75) is 60.1 Å². The van der Waals surface area contributed by atoms with Crippen molar-refractivity contribution in [3.8, 4) is 0 Å². The van der Waals surface area contributed by atoms with Gasteiger partial charge in [0.2, 0.25) is 0 Å². The van der Waals surface area contributed by atoms with Crippen LogP contribution in [0.2, 0.25) is 0 Å². The van der Waals surface area contributed by atoms with Crippen molar-refractivity contribution in [1.82, 2.24) is 15.1 Å². The molecule has 0 radical (unpaired) electrons. The largest absolute Gasteiger partial charge is 0.391 e. The molecule has 0 saturated heterocycles. The van der Waals surface area contributed by atoms with Crippen LogP contribution in [-0.4, -0.2) is 33.4 Å². The van der Waals surface area contributed by atoms with Gasteiger partial charge in [0.15, 0.2) is 0 Å². The number of carbonyl (C=O) groups is 1. The van der Waals surface area contributed by atoms with Crippen molar-refractivity contribution >= 4 is 5.91 Å². The van der Waals surface area contributed by atoms with E-state index >= 15 is 0 Å². The first-order valence-electron chi connectivity index (χ1n) is 7.20. The molecule has 1 amide bonds. The molecule has 1 atom stereocenters. The molecular formula is C15H27N3O2. The predicted molar refractivity (Wildman–Crippen MR) is 79.8 cm³/mol. The molecule has 0 aliphatic heterocycles. The van der Waals surface area contributed by atoms with Gasteiger partial charge in [0.1, 0.15) is 0 Å². The molecule has 0 bridgehead atoms. The quantitative estimate of drug-likeness (QED) is 0.869. The number of nitrogens with zero attached hydrogens (tertiary/aromatic N) is 2. The van der Waals surface area contributed by atoms with Gasteiger partial charge in [0.05, 0.1) is 17.4 Å². The van der Waals surface area contributed by atoms with Crippen molar-refractivity contribution < 1.29 is 9.90 Å². The van der Waals surface area contributed by atoms with E-state index in [0.717, 1.165) is 12.2 Å². The maximum absolute atomic E-state index is 12.3. The van der Waals surface area contributed by atoms with Crippen molar-refractivity contribution in [3.63, 3.8) is 0 Å². The highest BCUT2D eigenvalue weighted by atomic mass is 16.3. The summed E-state index contributed by atoms with van der Waals surface area (Å²) in [6, 6.07) is 0. The number of aromatic nitrogens is 2. The molecule has 1 unspecified atom stereocenters. The van der Waals surface area contributed by atoms with Crippen LogP contribution < -0.4 is 5.32 Å². The minimum Gasteiger partial charge on any atom is -0.391 e. The second kappa shape index (κ2) is 6.39. The Bertz CT molecular complexity index is 458. The zero-order valence-electron chi connectivity index (χ0n) is 13.4. The minimum absolute atomic E-state index is 0.170. The fourth-order valence-electron chi connectivity index (χ4n) is 1.79. The van der Waals surface area contributed by atoms with E-state index in [1.54, 1.807) is 10.9 Å². The summed E-state index contributed by atoms with van der Waals surface area (Å²) in [7, 11) is 0. The molecule has 20 heavy (non-hydrogen) atoms. The van der Waals surface area contributed by atoms with Gasteiger partial charge >= 0.3 is 0 Å². The number of aliphatic hydroxyl groups is 1. The Labute approximate surface area is 121 Å². The van der Waals surface area contributed by atoms with E-state index < -0.39 is 6.10 Å². The second-order valence-corrected chi connectivity index (χ2v) is 6.53. The lowest BCUT2D eigenvalue weighted by molar-refractivity contribution is 0.0586. The lowest BCUT2D eigenvalue weighted by Gasteiger charge is -2.25. The monoisotopic (exact) mass is 281 g/mol. The smallest absolute Gasteiger partial charge is 0.254 e. The van der Waals surface area contributed by atoms with Crippen LogP contribution in [0.5, 0.6) is 0 Å². The molecule has 5 nitrogen and oxygen atoms in total. The molecule has 1 rings (SSSR count). The average Bonchev–Trinajstić information content (AvgIpc) is 2.78. The summed E-state index contributed by atoms with van der Waals surface area (Å²) < 4.78 is 1.77. The molecule has 1 aromatic rings. The van der Waals surface area contributed by atoms with E-state index in [-0.39, 0.29) is 23.8 Å². The van der Waals surface area contributed by atoms with Crippen LogP contribution in [0.3, 0.4) is 0 Å². The molecule has 114 valence electrons. The molecule has 0 aromatic carbocycles. The highest BCUT2D eigenvalue weighted by Gasteiger charge is 2.24. The SMILES string of the molecule is CCn1cc(C(=O)NCC(O)C(C)(C)C)c(C(C)C)n1. The normalized spacial score (nSPS) is 13.6. The van der Waals surface area contributed by atoms with Crippen LogP contribution in [0, 0.1) is 5.41 Å². The number of aryl methyl sites for hydroxylation is 1. The van der Waals surface area contributed by atoms with E-state index in [9.17, 15) is 9.90 Å². The molecular weight excluding hydrogens is 254 g/mol. The van der Waals surface area contributed by atoms with Gasteiger partial charge in [-0.25, -0.2) is 0 Å².